The number of alkyl halides is 3. The number of halogens is 3. The van der Waals surface area contributed by atoms with Crippen LogP contribution in [0.3, 0.4) is 0 Å². The molecule has 0 bridgehead atoms. The van der Waals surface area contributed by atoms with Gasteiger partial charge in [0, 0.05) is 17.4 Å². The molecule has 0 unspecified atom stereocenters. The molecule has 1 amide bonds. The SMILES string of the molecule is Cc1ccc2c(-c3ncnc4c3[C@H](C(F)(F)F)CC(=O)N4)nn(C3CCNCC3)c2c1. The molecule has 1 saturated heterocycles. The summed E-state index contributed by atoms with van der Waals surface area (Å²) in [5.74, 6) is -2.78. The van der Waals surface area contributed by atoms with Crippen LogP contribution >= 0.6 is 0 Å². The third-order valence-corrected chi connectivity index (χ3v) is 6.02. The summed E-state index contributed by atoms with van der Waals surface area (Å²) in [6, 6.07) is 5.94. The van der Waals surface area contributed by atoms with Crippen LogP contribution in [0.5, 0.6) is 0 Å². The number of aryl methyl sites for hydroxylation is 1. The number of piperidine rings is 1. The fourth-order valence-electron chi connectivity index (χ4n) is 4.52. The van der Waals surface area contributed by atoms with Crippen LogP contribution in [0, 0.1) is 6.92 Å². The summed E-state index contributed by atoms with van der Waals surface area (Å²) in [4.78, 5) is 20.0. The summed E-state index contributed by atoms with van der Waals surface area (Å²) in [7, 11) is 0. The lowest BCUT2D eigenvalue weighted by molar-refractivity contribution is -0.156. The van der Waals surface area contributed by atoms with Gasteiger partial charge in [0.05, 0.1) is 17.5 Å². The van der Waals surface area contributed by atoms with Crippen molar-refractivity contribution in [1.29, 1.82) is 0 Å². The van der Waals surface area contributed by atoms with Gasteiger partial charge in [-0.25, -0.2) is 9.97 Å². The van der Waals surface area contributed by atoms with Crippen molar-refractivity contribution >= 4 is 22.6 Å². The van der Waals surface area contributed by atoms with E-state index in [0.717, 1.165) is 42.4 Å². The molecular formula is C21H21F3N6O. The molecule has 162 valence electrons. The Morgan fingerprint density at radius 2 is 1.90 bits per heavy atom. The summed E-state index contributed by atoms with van der Waals surface area (Å²) >= 11 is 0. The lowest BCUT2D eigenvalue weighted by atomic mass is 9.89. The van der Waals surface area contributed by atoms with E-state index in [2.05, 4.69) is 20.6 Å². The van der Waals surface area contributed by atoms with Crippen LogP contribution in [0.1, 0.15) is 42.3 Å². The molecule has 2 aliphatic rings. The number of nitrogens with zero attached hydrogens (tertiary/aromatic N) is 4. The Bertz CT molecular complexity index is 1170. The number of carbonyl (C=O) groups is 1. The smallest absolute Gasteiger partial charge is 0.317 e. The van der Waals surface area contributed by atoms with Gasteiger partial charge in [-0.05, 0) is 44.5 Å². The molecule has 5 rings (SSSR count). The van der Waals surface area contributed by atoms with E-state index in [-0.39, 0.29) is 23.1 Å². The molecular weight excluding hydrogens is 409 g/mol. The molecule has 10 heteroatoms. The summed E-state index contributed by atoms with van der Waals surface area (Å²) in [5, 5.41) is 11.3. The summed E-state index contributed by atoms with van der Waals surface area (Å²) in [5.41, 5.74) is 2.30. The molecule has 7 nitrogen and oxygen atoms in total. The highest BCUT2D eigenvalue weighted by Crippen LogP contribution is 2.46. The highest BCUT2D eigenvalue weighted by Gasteiger charge is 2.47. The average Bonchev–Trinajstić information content (AvgIpc) is 3.11. The van der Waals surface area contributed by atoms with Gasteiger partial charge in [-0.15, -0.1) is 0 Å². The van der Waals surface area contributed by atoms with Gasteiger partial charge in [-0.3, -0.25) is 9.48 Å². The largest absolute Gasteiger partial charge is 0.396 e. The normalized spacial score (nSPS) is 20.0. The maximum absolute atomic E-state index is 13.9. The Morgan fingerprint density at radius 3 is 2.65 bits per heavy atom. The van der Waals surface area contributed by atoms with Crippen LogP contribution in [0.15, 0.2) is 24.5 Å². The van der Waals surface area contributed by atoms with E-state index in [9.17, 15) is 18.0 Å². The first-order chi connectivity index (χ1) is 14.8. The second-order valence-corrected chi connectivity index (χ2v) is 8.13. The third-order valence-electron chi connectivity index (χ3n) is 6.02. The number of hydrogen-bond acceptors (Lipinski definition) is 5. The molecule has 0 spiro atoms. The molecule has 1 aromatic carbocycles. The monoisotopic (exact) mass is 430 g/mol. The van der Waals surface area contributed by atoms with Gasteiger partial charge in [0.1, 0.15) is 23.5 Å². The second kappa shape index (κ2) is 7.30. The Labute approximate surface area is 176 Å². The van der Waals surface area contributed by atoms with Crippen molar-refractivity contribution in [2.75, 3.05) is 18.4 Å². The number of amides is 1. The van der Waals surface area contributed by atoms with Crippen LogP contribution in [-0.4, -0.2) is 44.9 Å². The predicted octanol–water partition coefficient (Wildman–Crippen LogP) is 3.71. The van der Waals surface area contributed by atoms with Crippen molar-refractivity contribution in [2.24, 2.45) is 0 Å². The van der Waals surface area contributed by atoms with Gasteiger partial charge in [-0.2, -0.15) is 18.3 Å². The van der Waals surface area contributed by atoms with Gasteiger partial charge in [0.2, 0.25) is 5.91 Å². The molecule has 0 radical (unpaired) electrons. The van der Waals surface area contributed by atoms with E-state index in [1.165, 1.54) is 6.33 Å². The number of fused-ring (bicyclic) bond motifs is 2. The minimum Gasteiger partial charge on any atom is -0.317 e. The fourth-order valence-corrected chi connectivity index (χ4v) is 4.52. The average molecular weight is 430 g/mol. The van der Waals surface area contributed by atoms with Crippen LogP contribution in [-0.2, 0) is 4.79 Å². The molecule has 1 fully saturated rings. The Kier molecular flexibility index (Phi) is 4.69. The van der Waals surface area contributed by atoms with E-state index in [1.807, 2.05) is 29.8 Å². The van der Waals surface area contributed by atoms with Crippen molar-refractivity contribution in [3.63, 3.8) is 0 Å². The second-order valence-electron chi connectivity index (χ2n) is 8.13. The highest BCUT2D eigenvalue weighted by molar-refractivity contribution is 5.98. The first kappa shape index (κ1) is 19.9. The Balaban J connectivity index is 1.74. The van der Waals surface area contributed by atoms with Gasteiger partial charge >= 0.3 is 6.18 Å². The van der Waals surface area contributed by atoms with Gasteiger partial charge in [-0.1, -0.05) is 12.1 Å². The summed E-state index contributed by atoms with van der Waals surface area (Å²) in [6.07, 6.45) is -2.35. The first-order valence-electron chi connectivity index (χ1n) is 10.2. The van der Waals surface area contributed by atoms with E-state index in [0.29, 0.717) is 5.69 Å². The summed E-state index contributed by atoms with van der Waals surface area (Å²) in [6.45, 7) is 3.69. The van der Waals surface area contributed by atoms with E-state index in [4.69, 9.17) is 5.10 Å². The molecule has 3 aromatic rings. The van der Waals surface area contributed by atoms with E-state index in [1.54, 1.807) is 0 Å². The minimum absolute atomic E-state index is 0.0970. The van der Waals surface area contributed by atoms with Crippen LogP contribution in [0.4, 0.5) is 19.0 Å². The molecule has 0 saturated carbocycles. The zero-order chi connectivity index (χ0) is 21.8. The number of hydrogen-bond donors (Lipinski definition) is 2. The Hall–Kier alpha value is -3.01. The number of carbonyl (C=O) groups excluding carboxylic acids is 1. The first-order valence-corrected chi connectivity index (χ1v) is 10.2. The van der Waals surface area contributed by atoms with Gasteiger partial charge in [0.15, 0.2) is 0 Å². The zero-order valence-corrected chi connectivity index (χ0v) is 16.8. The zero-order valence-electron chi connectivity index (χ0n) is 16.8. The lowest BCUT2D eigenvalue weighted by Crippen LogP contribution is -2.33. The van der Waals surface area contributed by atoms with E-state index >= 15 is 0 Å². The lowest BCUT2D eigenvalue weighted by Gasteiger charge is -2.27. The molecule has 2 aliphatic heterocycles. The van der Waals surface area contributed by atoms with Crippen LogP contribution < -0.4 is 10.6 Å². The maximum atomic E-state index is 13.9. The number of nitrogens with one attached hydrogen (secondary N) is 2. The van der Waals surface area contributed by atoms with Crippen molar-refractivity contribution in [1.82, 2.24) is 25.1 Å². The maximum Gasteiger partial charge on any atom is 0.396 e. The summed E-state index contributed by atoms with van der Waals surface area (Å²) < 4.78 is 43.6. The third kappa shape index (κ3) is 3.44. The van der Waals surface area contributed by atoms with E-state index < -0.39 is 24.4 Å². The van der Waals surface area contributed by atoms with Crippen molar-refractivity contribution < 1.29 is 18.0 Å². The quantitative estimate of drug-likeness (QED) is 0.648. The minimum atomic E-state index is -4.60. The van der Waals surface area contributed by atoms with Crippen LogP contribution in [0.25, 0.3) is 22.3 Å². The number of aromatic nitrogens is 4. The molecule has 1 atom stereocenters. The predicted molar refractivity (Wildman–Crippen MR) is 109 cm³/mol. The van der Waals surface area contributed by atoms with Crippen molar-refractivity contribution in [3.05, 3.63) is 35.7 Å². The Morgan fingerprint density at radius 1 is 1.13 bits per heavy atom. The van der Waals surface area contributed by atoms with Crippen molar-refractivity contribution in [3.8, 4) is 11.4 Å². The number of rotatable bonds is 2. The highest BCUT2D eigenvalue weighted by atomic mass is 19.4. The van der Waals surface area contributed by atoms with Crippen LogP contribution in [0.2, 0.25) is 0 Å². The van der Waals surface area contributed by atoms with Gasteiger partial charge < -0.3 is 10.6 Å². The molecule has 31 heavy (non-hydrogen) atoms. The number of benzene rings is 1. The topological polar surface area (TPSA) is 84.7 Å². The fraction of sp³-hybridized carbons (Fsp3) is 0.429. The molecule has 4 heterocycles. The molecule has 2 N–H and O–H groups in total. The standard InChI is InChI=1S/C21H21F3N6O/c1-11-2-3-13-15(8-11)30(12-4-6-25-7-5-12)29-18(13)19-17-14(21(22,23)24)9-16(31)28-20(17)27-10-26-19/h2-3,8,10,12,14,25H,4-7,9H2,1H3,(H,26,27,28,31)/t14-/m1/s1. The van der Waals surface area contributed by atoms with Gasteiger partial charge in [0.25, 0.3) is 0 Å². The number of anilines is 1. The van der Waals surface area contributed by atoms with Crippen molar-refractivity contribution in [2.45, 2.75) is 44.3 Å². The molecule has 0 aliphatic carbocycles. The molecule has 2 aromatic heterocycles.